The molecule has 6 heteroatoms. The van der Waals surface area contributed by atoms with Crippen LogP contribution in [0.3, 0.4) is 0 Å². The summed E-state index contributed by atoms with van der Waals surface area (Å²) in [6, 6.07) is 10.7. The zero-order chi connectivity index (χ0) is 16.9. The number of aromatic nitrogens is 1. The highest BCUT2D eigenvalue weighted by Gasteiger charge is 2.29. The first-order valence-electron chi connectivity index (χ1n) is 7.79. The van der Waals surface area contributed by atoms with Gasteiger partial charge in [0.1, 0.15) is 17.6 Å². The molecular formula is C18H20N2O4. The van der Waals surface area contributed by atoms with Gasteiger partial charge in [-0.05, 0) is 18.2 Å². The van der Waals surface area contributed by atoms with Crippen LogP contribution in [0, 0.1) is 0 Å². The molecule has 1 aliphatic rings. The Morgan fingerprint density at radius 1 is 1.17 bits per heavy atom. The molecule has 1 aliphatic heterocycles. The number of methoxy groups -OCH3 is 2. The second-order valence-corrected chi connectivity index (χ2v) is 5.55. The predicted molar refractivity (Wildman–Crippen MR) is 88.7 cm³/mol. The van der Waals surface area contributed by atoms with Gasteiger partial charge in [-0.3, -0.25) is 4.79 Å². The number of pyridine rings is 1. The van der Waals surface area contributed by atoms with E-state index in [-0.39, 0.29) is 12.0 Å². The molecule has 0 spiro atoms. The fourth-order valence-electron chi connectivity index (χ4n) is 2.71. The lowest BCUT2D eigenvalue weighted by Gasteiger charge is -2.18. The lowest BCUT2D eigenvalue weighted by Crippen LogP contribution is -2.31. The number of likely N-dealkylation sites (tertiary alicyclic amines) is 1. The molecule has 1 amide bonds. The van der Waals surface area contributed by atoms with Gasteiger partial charge in [0.15, 0.2) is 0 Å². The molecule has 1 saturated heterocycles. The first-order valence-corrected chi connectivity index (χ1v) is 7.79. The number of hydrogen-bond acceptors (Lipinski definition) is 5. The van der Waals surface area contributed by atoms with Crippen LogP contribution in [0.2, 0.25) is 0 Å². The Kier molecular flexibility index (Phi) is 4.84. The summed E-state index contributed by atoms with van der Waals surface area (Å²) in [6.45, 7) is 1.19. The van der Waals surface area contributed by atoms with Crippen molar-refractivity contribution in [2.24, 2.45) is 0 Å². The first kappa shape index (κ1) is 16.1. The van der Waals surface area contributed by atoms with E-state index in [1.807, 2.05) is 18.2 Å². The van der Waals surface area contributed by atoms with Crippen LogP contribution >= 0.6 is 0 Å². The normalized spacial score (nSPS) is 16.8. The molecule has 2 aromatic rings. The van der Waals surface area contributed by atoms with Crippen LogP contribution in [-0.4, -0.2) is 49.2 Å². The van der Waals surface area contributed by atoms with Crippen LogP contribution in [0.15, 0.2) is 42.6 Å². The van der Waals surface area contributed by atoms with E-state index >= 15 is 0 Å². The summed E-state index contributed by atoms with van der Waals surface area (Å²) in [7, 11) is 3.13. The molecule has 0 bridgehead atoms. The molecule has 0 aliphatic carbocycles. The van der Waals surface area contributed by atoms with E-state index < -0.39 is 0 Å². The quantitative estimate of drug-likeness (QED) is 0.843. The maximum atomic E-state index is 12.7. The summed E-state index contributed by atoms with van der Waals surface area (Å²) in [5.74, 6) is 1.72. The van der Waals surface area contributed by atoms with Gasteiger partial charge in [-0.15, -0.1) is 0 Å². The van der Waals surface area contributed by atoms with E-state index in [9.17, 15) is 4.79 Å². The highest BCUT2D eigenvalue weighted by molar-refractivity contribution is 5.95. The minimum Gasteiger partial charge on any atom is -0.497 e. The Hall–Kier alpha value is -2.76. The topological polar surface area (TPSA) is 60.9 Å². The molecule has 1 unspecified atom stereocenters. The zero-order valence-electron chi connectivity index (χ0n) is 13.8. The van der Waals surface area contributed by atoms with E-state index in [0.29, 0.717) is 36.0 Å². The van der Waals surface area contributed by atoms with Crippen LogP contribution in [0.25, 0.3) is 0 Å². The summed E-state index contributed by atoms with van der Waals surface area (Å²) < 4.78 is 16.3. The summed E-state index contributed by atoms with van der Waals surface area (Å²) >= 11 is 0. The Bertz CT molecular complexity index is 683. The van der Waals surface area contributed by atoms with Crippen molar-refractivity contribution in [3.8, 4) is 17.4 Å². The standard InChI is InChI=1S/C18H20N2O4/c1-22-15-9-13(10-16(11-15)23-2)18(21)20-8-6-14(12-20)24-17-5-3-4-7-19-17/h3-5,7,9-11,14H,6,8,12H2,1-2H3. The van der Waals surface area contributed by atoms with Gasteiger partial charge < -0.3 is 19.1 Å². The SMILES string of the molecule is COc1cc(OC)cc(C(=O)N2CCC(Oc3ccccn3)C2)c1. The van der Waals surface area contributed by atoms with Gasteiger partial charge in [-0.1, -0.05) is 6.07 Å². The molecule has 1 aromatic heterocycles. The monoisotopic (exact) mass is 328 g/mol. The smallest absolute Gasteiger partial charge is 0.254 e. The van der Waals surface area contributed by atoms with Crippen molar-refractivity contribution in [3.05, 3.63) is 48.2 Å². The number of hydrogen-bond donors (Lipinski definition) is 0. The molecule has 1 aromatic carbocycles. The highest BCUT2D eigenvalue weighted by atomic mass is 16.5. The van der Waals surface area contributed by atoms with Gasteiger partial charge in [-0.2, -0.15) is 0 Å². The van der Waals surface area contributed by atoms with E-state index in [1.54, 1.807) is 43.5 Å². The Morgan fingerprint density at radius 2 is 1.92 bits per heavy atom. The lowest BCUT2D eigenvalue weighted by molar-refractivity contribution is 0.0770. The van der Waals surface area contributed by atoms with Crippen molar-refractivity contribution in [3.63, 3.8) is 0 Å². The summed E-state index contributed by atoms with van der Waals surface area (Å²) in [4.78, 5) is 18.7. The molecule has 0 radical (unpaired) electrons. The Balaban J connectivity index is 1.68. The predicted octanol–water partition coefficient (Wildman–Crippen LogP) is 2.39. The summed E-state index contributed by atoms with van der Waals surface area (Å²) in [6.07, 6.45) is 2.43. The number of nitrogens with zero attached hydrogens (tertiary/aromatic N) is 2. The van der Waals surface area contributed by atoms with Gasteiger partial charge in [-0.25, -0.2) is 4.98 Å². The van der Waals surface area contributed by atoms with Crippen molar-refractivity contribution in [2.45, 2.75) is 12.5 Å². The van der Waals surface area contributed by atoms with Crippen LogP contribution < -0.4 is 14.2 Å². The molecular weight excluding hydrogens is 308 g/mol. The lowest BCUT2D eigenvalue weighted by atomic mass is 10.1. The number of amides is 1. The maximum absolute atomic E-state index is 12.7. The number of carbonyl (C=O) groups excluding carboxylic acids is 1. The average Bonchev–Trinajstić information content (AvgIpc) is 3.09. The average molecular weight is 328 g/mol. The number of ether oxygens (including phenoxy) is 3. The largest absolute Gasteiger partial charge is 0.497 e. The summed E-state index contributed by atoms with van der Waals surface area (Å²) in [5.41, 5.74) is 0.546. The third kappa shape index (κ3) is 3.59. The van der Waals surface area contributed by atoms with Crippen molar-refractivity contribution in [1.29, 1.82) is 0 Å². The highest BCUT2D eigenvalue weighted by Crippen LogP contribution is 2.25. The van der Waals surface area contributed by atoms with Crippen molar-refractivity contribution >= 4 is 5.91 Å². The molecule has 6 nitrogen and oxygen atoms in total. The van der Waals surface area contributed by atoms with Crippen molar-refractivity contribution in [1.82, 2.24) is 9.88 Å². The first-order chi connectivity index (χ1) is 11.7. The maximum Gasteiger partial charge on any atom is 0.254 e. The molecule has 1 fully saturated rings. The minimum atomic E-state index is -0.0562. The second kappa shape index (κ2) is 7.21. The van der Waals surface area contributed by atoms with E-state index in [0.717, 1.165) is 6.42 Å². The van der Waals surface area contributed by atoms with E-state index in [2.05, 4.69) is 4.98 Å². The fraction of sp³-hybridized carbons (Fsp3) is 0.333. The van der Waals surface area contributed by atoms with Crippen LogP contribution in [-0.2, 0) is 0 Å². The van der Waals surface area contributed by atoms with Crippen LogP contribution in [0.5, 0.6) is 17.4 Å². The third-order valence-corrected chi connectivity index (χ3v) is 3.96. The van der Waals surface area contributed by atoms with Gasteiger partial charge in [0.2, 0.25) is 5.88 Å². The Morgan fingerprint density at radius 3 is 2.54 bits per heavy atom. The molecule has 1 atom stereocenters. The van der Waals surface area contributed by atoms with Crippen molar-refractivity contribution in [2.75, 3.05) is 27.3 Å². The van der Waals surface area contributed by atoms with Gasteiger partial charge in [0.05, 0.1) is 20.8 Å². The number of benzene rings is 1. The molecule has 3 rings (SSSR count). The van der Waals surface area contributed by atoms with Crippen LogP contribution in [0.4, 0.5) is 0 Å². The van der Waals surface area contributed by atoms with Crippen molar-refractivity contribution < 1.29 is 19.0 Å². The van der Waals surface area contributed by atoms with Crippen LogP contribution in [0.1, 0.15) is 16.8 Å². The molecule has 2 heterocycles. The third-order valence-electron chi connectivity index (χ3n) is 3.96. The number of carbonyl (C=O) groups is 1. The van der Waals surface area contributed by atoms with E-state index in [4.69, 9.17) is 14.2 Å². The molecule has 0 saturated carbocycles. The number of rotatable bonds is 5. The molecule has 0 N–H and O–H groups in total. The second-order valence-electron chi connectivity index (χ2n) is 5.55. The minimum absolute atomic E-state index is 0.0450. The van der Waals surface area contributed by atoms with Gasteiger partial charge in [0, 0.05) is 36.9 Å². The van der Waals surface area contributed by atoms with E-state index in [1.165, 1.54) is 0 Å². The van der Waals surface area contributed by atoms with Gasteiger partial charge in [0.25, 0.3) is 5.91 Å². The summed E-state index contributed by atoms with van der Waals surface area (Å²) in [5, 5.41) is 0. The molecule has 126 valence electrons. The molecule has 24 heavy (non-hydrogen) atoms. The van der Waals surface area contributed by atoms with Gasteiger partial charge >= 0.3 is 0 Å². The fourth-order valence-corrected chi connectivity index (χ4v) is 2.71. The zero-order valence-corrected chi connectivity index (χ0v) is 13.8. The Labute approximate surface area is 141 Å².